The molecule has 2 heteroatoms. The maximum atomic E-state index is 9.12. The van der Waals surface area contributed by atoms with Crippen LogP contribution in [0.3, 0.4) is 0 Å². The van der Waals surface area contributed by atoms with Gasteiger partial charge in [-0.2, -0.15) is 10.5 Å². The predicted octanol–water partition coefficient (Wildman–Crippen LogP) is 4.14. The largest absolute Gasteiger partial charge is 0.192 e. The SMILES string of the molecule is CCc1cc(C#N)cc(C(C)c2ccc(C#N)cc2)c1. The summed E-state index contributed by atoms with van der Waals surface area (Å²) in [6.07, 6.45) is 0.919. The van der Waals surface area contributed by atoms with Gasteiger partial charge in [-0.25, -0.2) is 0 Å². The second-order valence-corrected chi connectivity index (χ2v) is 4.88. The Bertz CT molecular complexity index is 685. The number of aryl methyl sites for hydroxylation is 1. The molecule has 0 aliphatic heterocycles. The molecule has 0 spiro atoms. The first kappa shape index (κ1) is 13.8. The van der Waals surface area contributed by atoms with Crippen molar-refractivity contribution in [3.8, 4) is 12.1 Å². The normalized spacial score (nSPS) is 11.4. The van der Waals surface area contributed by atoms with Crippen LogP contribution in [0.4, 0.5) is 0 Å². The van der Waals surface area contributed by atoms with Crippen molar-refractivity contribution in [1.82, 2.24) is 0 Å². The summed E-state index contributed by atoms with van der Waals surface area (Å²) in [6, 6.07) is 18.0. The second kappa shape index (κ2) is 6.04. The van der Waals surface area contributed by atoms with Crippen molar-refractivity contribution >= 4 is 0 Å². The van der Waals surface area contributed by atoms with E-state index in [-0.39, 0.29) is 5.92 Å². The van der Waals surface area contributed by atoms with Crippen molar-refractivity contribution in [2.75, 3.05) is 0 Å². The number of rotatable bonds is 3. The molecular weight excluding hydrogens is 244 g/mol. The summed E-state index contributed by atoms with van der Waals surface area (Å²) in [5.41, 5.74) is 4.85. The fourth-order valence-corrected chi connectivity index (χ4v) is 2.28. The third-order valence-electron chi connectivity index (χ3n) is 3.59. The summed E-state index contributed by atoms with van der Waals surface area (Å²) in [6.45, 7) is 4.21. The molecule has 2 aromatic carbocycles. The zero-order valence-electron chi connectivity index (χ0n) is 11.7. The van der Waals surface area contributed by atoms with E-state index in [1.54, 1.807) is 0 Å². The second-order valence-electron chi connectivity index (χ2n) is 4.88. The van der Waals surface area contributed by atoms with Crippen LogP contribution < -0.4 is 0 Å². The topological polar surface area (TPSA) is 47.6 Å². The lowest BCUT2D eigenvalue weighted by Gasteiger charge is -2.14. The summed E-state index contributed by atoms with van der Waals surface area (Å²) < 4.78 is 0. The quantitative estimate of drug-likeness (QED) is 0.832. The van der Waals surface area contributed by atoms with Gasteiger partial charge >= 0.3 is 0 Å². The van der Waals surface area contributed by atoms with Crippen LogP contribution in [0, 0.1) is 22.7 Å². The van der Waals surface area contributed by atoms with Crippen LogP contribution in [0.15, 0.2) is 42.5 Å². The smallest absolute Gasteiger partial charge is 0.0991 e. The number of benzene rings is 2. The van der Waals surface area contributed by atoms with Gasteiger partial charge in [0.25, 0.3) is 0 Å². The first-order valence-electron chi connectivity index (χ1n) is 6.72. The maximum absolute atomic E-state index is 9.12. The third-order valence-corrected chi connectivity index (χ3v) is 3.59. The molecule has 2 aromatic rings. The van der Waals surface area contributed by atoms with Crippen molar-refractivity contribution in [3.05, 3.63) is 70.3 Å². The lowest BCUT2D eigenvalue weighted by atomic mass is 9.90. The molecule has 2 rings (SSSR count). The van der Waals surface area contributed by atoms with Gasteiger partial charge < -0.3 is 0 Å². The van der Waals surface area contributed by atoms with Crippen molar-refractivity contribution < 1.29 is 0 Å². The van der Waals surface area contributed by atoms with Gasteiger partial charge in [0.2, 0.25) is 0 Å². The van der Waals surface area contributed by atoms with Crippen molar-refractivity contribution in [3.63, 3.8) is 0 Å². The number of nitriles is 2. The Labute approximate surface area is 119 Å². The van der Waals surface area contributed by atoms with E-state index in [2.05, 4.69) is 32.1 Å². The lowest BCUT2D eigenvalue weighted by molar-refractivity contribution is 0.914. The Kier molecular flexibility index (Phi) is 4.18. The summed E-state index contributed by atoms with van der Waals surface area (Å²) in [4.78, 5) is 0. The summed E-state index contributed by atoms with van der Waals surface area (Å²) in [5, 5.41) is 18.0. The molecule has 0 N–H and O–H groups in total. The van der Waals surface area contributed by atoms with Crippen LogP contribution in [0.25, 0.3) is 0 Å². The Morgan fingerprint density at radius 1 is 0.900 bits per heavy atom. The van der Waals surface area contributed by atoms with Crippen LogP contribution in [0.5, 0.6) is 0 Å². The molecule has 0 aromatic heterocycles. The van der Waals surface area contributed by atoms with Gasteiger partial charge in [0.05, 0.1) is 23.3 Å². The van der Waals surface area contributed by atoms with Gasteiger partial charge in [0, 0.05) is 5.92 Å². The predicted molar refractivity (Wildman–Crippen MR) is 79.2 cm³/mol. The Morgan fingerprint density at radius 3 is 2.10 bits per heavy atom. The van der Waals surface area contributed by atoms with E-state index in [4.69, 9.17) is 10.5 Å². The number of nitrogens with zero attached hydrogens (tertiary/aromatic N) is 2. The molecular formula is C18H16N2. The molecule has 0 saturated carbocycles. The average molecular weight is 260 g/mol. The highest BCUT2D eigenvalue weighted by atomic mass is 14.2. The lowest BCUT2D eigenvalue weighted by Crippen LogP contribution is -1.98. The van der Waals surface area contributed by atoms with Crippen LogP contribution in [0.1, 0.15) is 47.6 Å². The molecule has 0 radical (unpaired) electrons. The van der Waals surface area contributed by atoms with E-state index in [9.17, 15) is 0 Å². The minimum Gasteiger partial charge on any atom is -0.192 e. The van der Waals surface area contributed by atoms with Crippen LogP contribution >= 0.6 is 0 Å². The highest BCUT2D eigenvalue weighted by molar-refractivity contribution is 5.43. The number of hydrogen-bond acceptors (Lipinski definition) is 2. The standard InChI is InChI=1S/C18H16N2/c1-3-14-8-16(12-20)10-18(9-14)13(2)17-6-4-15(11-19)5-7-17/h4-10,13H,3H2,1-2H3. The molecule has 0 aliphatic rings. The van der Waals surface area contributed by atoms with Gasteiger partial charge in [0.15, 0.2) is 0 Å². The van der Waals surface area contributed by atoms with Crippen molar-refractivity contribution in [2.45, 2.75) is 26.2 Å². The first-order valence-corrected chi connectivity index (χ1v) is 6.72. The Hall–Kier alpha value is -2.58. The van der Waals surface area contributed by atoms with Crippen molar-refractivity contribution in [1.29, 1.82) is 10.5 Å². The van der Waals surface area contributed by atoms with Crippen LogP contribution in [-0.2, 0) is 6.42 Å². The Morgan fingerprint density at radius 2 is 1.55 bits per heavy atom. The minimum atomic E-state index is 0.210. The summed E-state index contributed by atoms with van der Waals surface area (Å²) in [5.74, 6) is 0.210. The fraction of sp³-hybridized carbons (Fsp3) is 0.222. The summed E-state index contributed by atoms with van der Waals surface area (Å²) in [7, 11) is 0. The van der Waals surface area contributed by atoms with Gasteiger partial charge in [0.1, 0.15) is 0 Å². The molecule has 0 bridgehead atoms. The van der Waals surface area contributed by atoms with Gasteiger partial charge in [-0.05, 0) is 47.4 Å². The van der Waals surface area contributed by atoms with Gasteiger partial charge in [-0.15, -0.1) is 0 Å². The highest BCUT2D eigenvalue weighted by Gasteiger charge is 2.10. The van der Waals surface area contributed by atoms with Crippen molar-refractivity contribution in [2.24, 2.45) is 0 Å². The van der Waals surface area contributed by atoms with E-state index in [1.165, 1.54) is 5.56 Å². The molecule has 20 heavy (non-hydrogen) atoms. The molecule has 0 heterocycles. The monoisotopic (exact) mass is 260 g/mol. The first-order chi connectivity index (χ1) is 9.67. The zero-order chi connectivity index (χ0) is 14.5. The summed E-state index contributed by atoms with van der Waals surface area (Å²) >= 11 is 0. The Balaban J connectivity index is 2.39. The molecule has 0 saturated heterocycles. The molecule has 0 amide bonds. The van der Waals surface area contributed by atoms with Crippen LogP contribution in [-0.4, -0.2) is 0 Å². The zero-order valence-corrected chi connectivity index (χ0v) is 11.7. The van der Waals surface area contributed by atoms with E-state index in [0.717, 1.165) is 17.5 Å². The minimum absolute atomic E-state index is 0.210. The van der Waals surface area contributed by atoms with E-state index < -0.39 is 0 Å². The average Bonchev–Trinajstić information content (AvgIpc) is 2.53. The van der Waals surface area contributed by atoms with Gasteiger partial charge in [-0.3, -0.25) is 0 Å². The molecule has 1 atom stereocenters. The highest BCUT2D eigenvalue weighted by Crippen LogP contribution is 2.26. The van der Waals surface area contributed by atoms with Gasteiger partial charge in [-0.1, -0.05) is 32.0 Å². The van der Waals surface area contributed by atoms with E-state index in [0.29, 0.717) is 11.1 Å². The maximum Gasteiger partial charge on any atom is 0.0991 e. The number of hydrogen-bond donors (Lipinski definition) is 0. The molecule has 0 fully saturated rings. The molecule has 2 nitrogen and oxygen atoms in total. The van der Waals surface area contributed by atoms with E-state index >= 15 is 0 Å². The van der Waals surface area contributed by atoms with Crippen LogP contribution in [0.2, 0.25) is 0 Å². The third kappa shape index (κ3) is 2.87. The molecule has 0 aliphatic carbocycles. The van der Waals surface area contributed by atoms with E-state index in [1.807, 2.05) is 36.4 Å². The fourth-order valence-electron chi connectivity index (χ4n) is 2.28. The molecule has 1 unspecified atom stereocenters. The molecule has 98 valence electrons.